The zero-order chi connectivity index (χ0) is 12.4. The molecular formula is C11H17N5O. The van der Waals surface area contributed by atoms with Gasteiger partial charge in [-0.15, -0.1) is 0 Å². The lowest BCUT2D eigenvalue weighted by atomic mass is 10.0. The van der Waals surface area contributed by atoms with Gasteiger partial charge in [-0.2, -0.15) is 4.98 Å². The molecule has 0 aromatic carbocycles. The van der Waals surface area contributed by atoms with Crippen molar-refractivity contribution < 1.29 is 4.79 Å². The second-order valence-electron chi connectivity index (χ2n) is 4.33. The highest BCUT2D eigenvalue weighted by molar-refractivity contribution is 5.83. The van der Waals surface area contributed by atoms with E-state index in [9.17, 15) is 4.79 Å². The van der Waals surface area contributed by atoms with Gasteiger partial charge in [-0.1, -0.05) is 0 Å². The van der Waals surface area contributed by atoms with Crippen molar-refractivity contribution in [1.29, 1.82) is 0 Å². The van der Waals surface area contributed by atoms with Crippen LogP contribution >= 0.6 is 0 Å². The first-order valence-electron chi connectivity index (χ1n) is 5.75. The predicted molar refractivity (Wildman–Crippen MR) is 65.4 cm³/mol. The van der Waals surface area contributed by atoms with E-state index in [1.165, 1.54) is 0 Å². The third-order valence-electron chi connectivity index (χ3n) is 2.98. The number of carbonyl (C=O) groups excluding carboxylic acids is 1. The highest BCUT2D eigenvalue weighted by atomic mass is 16.1. The van der Waals surface area contributed by atoms with Crippen LogP contribution in [0.25, 0.3) is 0 Å². The molecule has 1 aliphatic rings. The van der Waals surface area contributed by atoms with Gasteiger partial charge in [-0.05, 0) is 26.2 Å². The van der Waals surface area contributed by atoms with Crippen molar-refractivity contribution in [3.8, 4) is 0 Å². The zero-order valence-corrected chi connectivity index (χ0v) is 9.89. The van der Waals surface area contributed by atoms with Gasteiger partial charge in [0.1, 0.15) is 11.9 Å². The molecule has 0 saturated carbocycles. The number of aromatic nitrogens is 2. The fourth-order valence-electron chi connectivity index (χ4n) is 2.22. The number of rotatable bonds is 2. The van der Waals surface area contributed by atoms with Crippen molar-refractivity contribution in [2.24, 2.45) is 5.73 Å². The third kappa shape index (κ3) is 2.46. The minimum absolute atomic E-state index is 0.230. The molecule has 0 aliphatic carbocycles. The number of hydrogen-bond donors (Lipinski definition) is 2. The molecule has 1 aliphatic heterocycles. The van der Waals surface area contributed by atoms with Gasteiger partial charge in [-0.3, -0.25) is 4.79 Å². The molecule has 1 fully saturated rings. The second-order valence-corrected chi connectivity index (χ2v) is 4.33. The van der Waals surface area contributed by atoms with Crippen molar-refractivity contribution in [2.75, 3.05) is 17.2 Å². The van der Waals surface area contributed by atoms with Crippen molar-refractivity contribution in [3.63, 3.8) is 0 Å². The number of aryl methyl sites for hydroxylation is 1. The molecule has 0 radical (unpaired) electrons. The molecule has 2 rings (SSSR count). The van der Waals surface area contributed by atoms with Crippen LogP contribution < -0.4 is 16.4 Å². The highest BCUT2D eigenvalue weighted by Crippen LogP contribution is 2.23. The summed E-state index contributed by atoms with van der Waals surface area (Å²) in [7, 11) is 0. The fourth-order valence-corrected chi connectivity index (χ4v) is 2.22. The number of amides is 1. The summed E-state index contributed by atoms with van der Waals surface area (Å²) >= 11 is 0. The first kappa shape index (κ1) is 11.6. The first-order valence-corrected chi connectivity index (χ1v) is 5.75. The minimum Gasteiger partial charge on any atom is -0.368 e. The van der Waals surface area contributed by atoms with E-state index in [2.05, 4.69) is 9.97 Å². The summed E-state index contributed by atoms with van der Waals surface area (Å²) in [5, 5.41) is 0. The summed E-state index contributed by atoms with van der Waals surface area (Å²) < 4.78 is 0. The highest BCUT2D eigenvalue weighted by Gasteiger charge is 2.28. The van der Waals surface area contributed by atoms with Gasteiger partial charge in [0, 0.05) is 18.3 Å². The van der Waals surface area contributed by atoms with Gasteiger partial charge >= 0.3 is 0 Å². The van der Waals surface area contributed by atoms with Crippen molar-refractivity contribution >= 4 is 17.7 Å². The Morgan fingerprint density at radius 3 is 2.88 bits per heavy atom. The average Bonchev–Trinajstić information content (AvgIpc) is 2.27. The quantitative estimate of drug-likeness (QED) is 0.763. The van der Waals surface area contributed by atoms with Crippen LogP contribution in [0.15, 0.2) is 6.07 Å². The maximum absolute atomic E-state index is 11.4. The van der Waals surface area contributed by atoms with Crippen molar-refractivity contribution in [2.45, 2.75) is 32.2 Å². The lowest BCUT2D eigenvalue weighted by Gasteiger charge is -2.34. The summed E-state index contributed by atoms with van der Waals surface area (Å²) in [4.78, 5) is 21.5. The van der Waals surface area contributed by atoms with E-state index in [0.717, 1.165) is 31.5 Å². The zero-order valence-electron chi connectivity index (χ0n) is 9.89. The van der Waals surface area contributed by atoms with Crippen LogP contribution in [0.1, 0.15) is 25.0 Å². The number of nitrogen functional groups attached to an aromatic ring is 1. The number of anilines is 2. The number of nitrogens with zero attached hydrogens (tertiary/aromatic N) is 3. The van der Waals surface area contributed by atoms with Gasteiger partial charge in [-0.25, -0.2) is 4.98 Å². The molecule has 1 saturated heterocycles. The predicted octanol–water partition coefficient (Wildman–Crippen LogP) is 0.211. The molecule has 1 aromatic heterocycles. The summed E-state index contributed by atoms with van der Waals surface area (Å²) in [6, 6.07) is 1.55. The minimum atomic E-state index is -0.306. The van der Waals surface area contributed by atoms with Crippen LogP contribution in [0.3, 0.4) is 0 Å². The number of carbonyl (C=O) groups is 1. The molecule has 17 heavy (non-hydrogen) atoms. The Balaban J connectivity index is 2.32. The number of hydrogen-bond acceptors (Lipinski definition) is 5. The molecule has 1 amide bonds. The fraction of sp³-hybridized carbons (Fsp3) is 0.545. The Bertz CT molecular complexity index is 414. The summed E-state index contributed by atoms with van der Waals surface area (Å²) in [6.07, 6.45) is 2.83. The van der Waals surface area contributed by atoms with Crippen LogP contribution in [0, 0.1) is 6.92 Å². The molecule has 92 valence electrons. The standard InChI is InChI=1S/C11H17N5O/c1-7-6-9(15-11(13)14-7)16-5-3-2-4-8(16)10(12)17/h6,8H,2-5H2,1H3,(H2,12,17)(H2,13,14,15). The average molecular weight is 235 g/mol. The number of piperidine rings is 1. The molecule has 0 bridgehead atoms. The summed E-state index contributed by atoms with van der Waals surface area (Å²) in [6.45, 7) is 2.63. The summed E-state index contributed by atoms with van der Waals surface area (Å²) in [5.74, 6) is 0.617. The molecule has 6 heteroatoms. The van der Waals surface area contributed by atoms with Crippen LogP contribution in [0.2, 0.25) is 0 Å². The Morgan fingerprint density at radius 2 is 2.24 bits per heavy atom. The van der Waals surface area contributed by atoms with E-state index < -0.39 is 0 Å². The van der Waals surface area contributed by atoms with E-state index >= 15 is 0 Å². The van der Waals surface area contributed by atoms with Crippen LogP contribution in [-0.4, -0.2) is 28.5 Å². The Morgan fingerprint density at radius 1 is 1.47 bits per heavy atom. The van der Waals surface area contributed by atoms with Gasteiger partial charge in [0.2, 0.25) is 11.9 Å². The first-order chi connectivity index (χ1) is 8.08. The van der Waals surface area contributed by atoms with E-state index in [0.29, 0.717) is 5.82 Å². The molecule has 2 heterocycles. The Labute approximate surface area is 100 Å². The molecule has 1 atom stereocenters. The van der Waals surface area contributed by atoms with Crippen molar-refractivity contribution in [1.82, 2.24) is 9.97 Å². The summed E-state index contributed by atoms with van der Waals surface area (Å²) in [5.41, 5.74) is 11.8. The molecular weight excluding hydrogens is 218 g/mol. The topological polar surface area (TPSA) is 98.1 Å². The molecule has 6 nitrogen and oxygen atoms in total. The van der Waals surface area contributed by atoms with Gasteiger partial charge in [0.05, 0.1) is 0 Å². The largest absolute Gasteiger partial charge is 0.368 e. The van der Waals surface area contributed by atoms with E-state index in [1.54, 1.807) is 0 Å². The Hall–Kier alpha value is -1.85. The number of primary amides is 1. The van der Waals surface area contributed by atoms with Crippen LogP contribution in [0.5, 0.6) is 0 Å². The van der Waals surface area contributed by atoms with Crippen molar-refractivity contribution in [3.05, 3.63) is 11.8 Å². The Kier molecular flexibility index (Phi) is 3.12. The second kappa shape index (κ2) is 4.57. The SMILES string of the molecule is Cc1cc(N2CCCCC2C(N)=O)nc(N)n1. The van der Waals surface area contributed by atoms with Crippen LogP contribution in [-0.2, 0) is 4.79 Å². The monoisotopic (exact) mass is 235 g/mol. The lowest BCUT2D eigenvalue weighted by molar-refractivity contribution is -0.119. The molecule has 0 spiro atoms. The smallest absolute Gasteiger partial charge is 0.240 e. The van der Waals surface area contributed by atoms with E-state index in [-0.39, 0.29) is 17.9 Å². The maximum Gasteiger partial charge on any atom is 0.240 e. The van der Waals surface area contributed by atoms with Gasteiger partial charge < -0.3 is 16.4 Å². The lowest BCUT2D eigenvalue weighted by Crippen LogP contribution is -2.48. The van der Waals surface area contributed by atoms with Gasteiger partial charge in [0.25, 0.3) is 0 Å². The number of nitrogens with two attached hydrogens (primary N) is 2. The molecule has 4 N–H and O–H groups in total. The van der Waals surface area contributed by atoms with Crippen LogP contribution in [0.4, 0.5) is 11.8 Å². The van der Waals surface area contributed by atoms with E-state index in [4.69, 9.17) is 11.5 Å². The normalized spacial score (nSPS) is 20.3. The maximum atomic E-state index is 11.4. The molecule has 1 unspecified atom stereocenters. The molecule has 1 aromatic rings. The van der Waals surface area contributed by atoms with Gasteiger partial charge in [0.15, 0.2) is 0 Å². The third-order valence-corrected chi connectivity index (χ3v) is 2.98. The van der Waals surface area contributed by atoms with E-state index in [1.807, 2.05) is 17.9 Å².